The van der Waals surface area contributed by atoms with Gasteiger partial charge >= 0.3 is 5.97 Å². The molecule has 0 N–H and O–H groups in total. The molecule has 1 unspecified atom stereocenters. The van der Waals surface area contributed by atoms with Crippen LogP contribution in [0.5, 0.6) is 11.5 Å². The third-order valence-corrected chi connectivity index (χ3v) is 5.90. The Morgan fingerprint density at radius 2 is 1.71 bits per heavy atom. The molecule has 0 saturated heterocycles. The topological polar surface area (TPSA) is 44.8 Å². The summed E-state index contributed by atoms with van der Waals surface area (Å²) >= 11 is 0. The van der Waals surface area contributed by atoms with Gasteiger partial charge < -0.3 is 14.2 Å². The van der Waals surface area contributed by atoms with Crippen LogP contribution in [0.2, 0.25) is 0 Å². The second kappa shape index (κ2) is 9.13. The Labute approximate surface area is 167 Å². The Morgan fingerprint density at radius 1 is 1.00 bits per heavy atom. The number of unbranched alkanes of at least 4 members (excludes halogenated alkanes) is 1. The summed E-state index contributed by atoms with van der Waals surface area (Å²) in [6.07, 6.45) is 5.36. The molecule has 150 valence electrons. The van der Waals surface area contributed by atoms with E-state index in [0.29, 0.717) is 17.4 Å². The Balaban J connectivity index is 2.03. The number of hydrogen-bond acceptors (Lipinski definition) is 4. The van der Waals surface area contributed by atoms with Crippen molar-refractivity contribution in [2.75, 3.05) is 21.3 Å². The van der Waals surface area contributed by atoms with Crippen molar-refractivity contribution >= 4 is 5.97 Å². The molecule has 0 aromatic heterocycles. The van der Waals surface area contributed by atoms with Gasteiger partial charge in [0, 0.05) is 0 Å². The van der Waals surface area contributed by atoms with Crippen molar-refractivity contribution in [1.29, 1.82) is 0 Å². The smallest absolute Gasteiger partial charge is 0.338 e. The van der Waals surface area contributed by atoms with Crippen LogP contribution in [0.1, 0.15) is 59.2 Å². The van der Waals surface area contributed by atoms with Gasteiger partial charge in [0.1, 0.15) is 11.5 Å². The molecule has 2 aromatic rings. The predicted molar refractivity (Wildman–Crippen MR) is 110 cm³/mol. The lowest BCUT2D eigenvalue weighted by atomic mass is 9.70. The molecule has 2 atom stereocenters. The first-order chi connectivity index (χ1) is 13.6. The van der Waals surface area contributed by atoms with E-state index in [-0.39, 0.29) is 5.97 Å². The maximum absolute atomic E-state index is 12.4. The number of hydrogen-bond donors (Lipinski definition) is 0. The number of esters is 1. The molecule has 0 aliphatic heterocycles. The number of fused-ring (bicyclic) bond motifs is 1. The van der Waals surface area contributed by atoms with Gasteiger partial charge in [0.25, 0.3) is 0 Å². The Bertz CT molecular complexity index is 810. The second-order valence-corrected chi connectivity index (χ2v) is 7.49. The van der Waals surface area contributed by atoms with Crippen LogP contribution >= 0.6 is 0 Å². The van der Waals surface area contributed by atoms with Gasteiger partial charge in [-0.05, 0) is 72.1 Å². The van der Waals surface area contributed by atoms with Crippen molar-refractivity contribution in [2.24, 2.45) is 5.92 Å². The maximum atomic E-state index is 12.4. The van der Waals surface area contributed by atoms with Crippen molar-refractivity contribution in [3.05, 3.63) is 58.7 Å². The van der Waals surface area contributed by atoms with Crippen molar-refractivity contribution in [1.82, 2.24) is 0 Å². The van der Waals surface area contributed by atoms with Gasteiger partial charge in [-0.15, -0.1) is 0 Å². The van der Waals surface area contributed by atoms with E-state index >= 15 is 0 Å². The SMILES string of the molecule is CCCCC1Cc2cc(OC)cc(C(=O)OC)c2C[C@H]1c1ccc(OC)cc1. The van der Waals surface area contributed by atoms with Gasteiger partial charge in [0.2, 0.25) is 0 Å². The summed E-state index contributed by atoms with van der Waals surface area (Å²) in [6.45, 7) is 2.23. The molecule has 3 rings (SSSR count). The van der Waals surface area contributed by atoms with Gasteiger partial charge in [-0.3, -0.25) is 0 Å². The van der Waals surface area contributed by atoms with Crippen molar-refractivity contribution in [2.45, 2.75) is 44.9 Å². The molecular formula is C24H30O4. The van der Waals surface area contributed by atoms with Gasteiger partial charge in [0.15, 0.2) is 0 Å². The first-order valence-electron chi connectivity index (χ1n) is 10.0. The zero-order chi connectivity index (χ0) is 20.1. The highest BCUT2D eigenvalue weighted by molar-refractivity contribution is 5.92. The molecule has 2 aromatic carbocycles. The average Bonchev–Trinajstić information content (AvgIpc) is 2.75. The summed E-state index contributed by atoms with van der Waals surface area (Å²) in [6, 6.07) is 12.3. The molecule has 0 fully saturated rings. The third kappa shape index (κ3) is 4.16. The van der Waals surface area contributed by atoms with Gasteiger partial charge in [0.05, 0.1) is 26.9 Å². The summed E-state index contributed by atoms with van der Waals surface area (Å²) in [4.78, 5) is 12.4. The summed E-state index contributed by atoms with van der Waals surface area (Å²) in [7, 11) is 4.76. The molecule has 4 nitrogen and oxygen atoms in total. The molecule has 0 radical (unpaired) electrons. The molecule has 1 aliphatic carbocycles. The number of carbonyl (C=O) groups is 1. The van der Waals surface area contributed by atoms with E-state index in [1.807, 2.05) is 18.2 Å². The van der Waals surface area contributed by atoms with E-state index in [4.69, 9.17) is 14.2 Å². The molecule has 4 heteroatoms. The fourth-order valence-electron chi connectivity index (χ4n) is 4.36. The van der Waals surface area contributed by atoms with Crippen LogP contribution in [0.3, 0.4) is 0 Å². The fourth-order valence-corrected chi connectivity index (χ4v) is 4.36. The van der Waals surface area contributed by atoms with Crippen LogP contribution < -0.4 is 9.47 Å². The minimum absolute atomic E-state index is 0.296. The molecule has 1 aliphatic rings. The molecule has 0 amide bonds. The highest BCUT2D eigenvalue weighted by atomic mass is 16.5. The highest BCUT2D eigenvalue weighted by Crippen LogP contribution is 2.42. The van der Waals surface area contributed by atoms with E-state index in [9.17, 15) is 4.79 Å². The summed E-state index contributed by atoms with van der Waals surface area (Å²) in [5.74, 6) is 2.21. The molecule has 0 saturated carbocycles. The van der Waals surface area contributed by atoms with Crippen molar-refractivity contribution < 1.29 is 19.0 Å². The lowest BCUT2D eigenvalue weighted by Crippen LogP contribution is -2.26. The molecule has 0 spiro atoms. The average molecular weight is 383 g/mol. The lowest BCUT2D eigenvalue weighted by molar-refractivity contribution is 0.0598. The fraction of sp³-hybridized carbons (Fsp3) is 0.458. The number of methoxy groups -OCH3 is 3. The Hall–Kier alpha value is -2.49. The summed E-state index contributed by atoms with van der Waals surface area (Å²) < 4.78 is 15.8. The van der Waals surface area contributed by atoms with E-state index in [2.05, 4.69) is 25.1 Å². The van der Waals surface area contributed by atoms with Crippen LogP contribution in [0.25, 0.3) is 0 Å². The monoisotopic (exact) mass is 382 g/mol. The normalized spacial score (nSPS) is 18.3. The van der Waals surface area contributed by atoms with Crippen molar-refractivity contribution in [3.63, 3.8) is 0 Å². The Morgan fingerprint density at radius 3 is 2.32 bits per heavy atom. The van der Waals surface area contributed by atoms with E-state index in [1.54, 1.807) is 14.2 Å². The zero-order valence-corrected chi connectivity index (χ0v) is 17.3. The van der Waals surface area contributed by atoms with E-state index in [1.165, 1.54) is 37.5 Å². The quantitative estimate of drug-likeness (QED) is 0.619. The van der Waals surface area contributed by atoms with Crippen molar-refractivity contribution in [3.8, 4) is 11.5 Å². The van der Waals surface area contributed by atoms with E-state index in [0.717, 1.165) is 29.9 Å². The standard InChI is InChI=1S/C24H30O4/c1-5-6-7-17-12-18-13-20(27-3)14-23(24(25)28-4)22(18)15-21(17)16-8-10-19(26-2)11-9-16/h8-11,13-14,17,21H,5-7,12,15H2,1-4H3/t17?,21-/m0/s1. The van der Waals surface area contributed by atoms with Crippen LogP contribution in [-0.2, 0) is 17.6 Å². The van der Waals surface area contributed by atoms with Gasteiger partial charge in [-0.2, -0.15) is 0 Å². The molecule has 0 bridgehead atoms. The summed E-state index contributed by atoms with van der Waals surface area (Å²) in [5, 5.41) is 0. The zero-order valence-electron chi connectivity index (χ0n) is 17.3. The van der Waals surface area contributed by atoms with Crippen LogP contribution in [0.4, 0.5) is 0 Å². The molecule has 0 heterocycles. The summed E-state index contributed by atoms with van der Waals surface area (Å²) in [5.41, 5.74) is 4.25. The number of rotatable bonds is 7. The minimum Gasteiger partial charge on any atom is -0.497 e. The molecular weight excluding hydrogens is 352 g/mol. The van der Waals surface area contributed by atoms with Crippen LogP contribution in [0.15, 0.2) is 36.4 Å². The first kappa shape index (κ1) is 20.2. The third-order valence-electron chi connectivity index (χ3n) is 5.90. The largest absolute Gasteiger partial charge is 0.497 e. The maximum Gasteiger partial charge on any atom is 0.338 e. The predicted octanol–water partition coefficient (Wildman–Crippen LogP) is 5.18. The first-order valence-corrected chi connectivity index (χ1v) is 10.0. The van der Waals surface area contributed by atoms with Crippen LogP contribution in [0, 0.1) is 5.92 Å². The van der Waals surface area contributed by atoms with Gasteiger partial charge in [-0.1, -0.05) is 31.9 Å². The number of carbonyl (C=O) groups excluding carboxylic acids is 1. The Kier molecular flexibility index (Phi) is 6.61. The van der Waals surface area contributed by atoms with E-state index < -0.39 is 0 Å². The highest BCUT2D eigenvalue weighted by Gasteiger charge is 2.32. The van der Waals surface area contributed by atoms with Crippen LogP contribution in [-0.4, -0.2) is 27.3 Å². The van der Waals surface area contributed by atoms with Gasteiger partial charge in [-0.25, -0.2) is 4.79 Å². The number of ether oxygens (including phenoxy) is 3. The lowest BCUT2D eigenvalue weighted by Gasteiger charge is -2.35. The molecule has 28 heavy (non-hydrogen) atoms. The minimum atomic E-state index is -0.296. The number of benzene rings is 2. The second-order valence-electron chi connectivity index (χ2n) is 7.49.